The highest BCUT2D eigenvalue weighted by Crippen LogP contribution is 2.43. The number of hydrogen-bond acceptors (Lipinski definition) is 11. The van der Waals surface area contributed by atoms with Gasteiger partial charge in [0.25, 0.3) is 15.6 Å². The lowest BCUT2D eigenvalue weighted by Gasteiger charge is -2.28. The number of phosphoric ester groups is 3. The van der Waals surface area contributed by atoms with Gasteiger partial charge >= 0.3 is 7.82 Å². The van der Waals surface area contributed by atoms with E-state index in [2.05, 4.69) is 22.6 Å². The molecule has 28 heavy (non-hydrogen) atoms. The maximum absolute atomic E-state index is 11.5. The highest BCUT2D eigenvalue weighted by atomic mass is 31.2. The van der Waals surface area contributed by atoms with Gasteiger partial charge in [-0.25, -0.2) is 4.57 Å². The van der Waals surface area contributed by atoms with Crippen molar-refractivity contribution >= 4 is 23.5 Å². The molecule has 0 amide bonds. The van der Waals surface area contributed by atoms with Gasteiger partial charge < -0.3 is 42.8 Å². The Bertz CT molecular complexity index is 533. The van der Waals surface area contributed by atoms with Crippen molar-refractivity contribution in [1.29, 1.82) is 0 Å². The van der Waals surface area contributed by atoms with E-state index in [0.29, 0.717) is 0 Å². The molecule has 0 aromatic rings. The maximum Gasteiger partial charge on any atom is 0.469 e. The van der Waals surface area contributed by atoms with Crippen LogP contribution < -0.4 is 9.79 Å². The summed E-state index contributed by atoms with van der Waals surface area (Å²) in [4.78, 5) is 40.2. The van der Waals surface area contributed by atoms with Crippen LogP contribution in [0.15, 0.2) is 0 Å². The standard InChI is InChI=1S/C10H25O13P3.2CH4/c1-3-9(7-11)23-26(17,18)20-6-5-19-25(15,16)21-8-10(4-2)22-24(12,13)14;;/h9-11H,3-8H2,1-2H3,(H,15,16)(H,17,18)(H2,12,13,14);2*1H4/p-2. The van der Waals surface area contributed by atoms with Crippen LogP contribution in [0.25, 0.3) is 0 Å². The van der Waals surface area contributed by atoms with Gasteiger partial charge in [-0.15, -0.1) is 0 Å². The highest BCUT2D eigenvalue weighted by molar-refractivity contribution is 7.46. The number of aliphatic hydroxyl groups excluding tert-OH is 1. The van der Waals surface area contributed by atoms with E-state index in [9.17, 15) is 23.5 Å². The largest absolute Gasteiger partial charge is 0.756 e. The summed E-state index contributed by atoms with van der Waals surface area (Å²) >= 11 is 0. The average molecular weight is 476 g/mol. The fraction of sp³-hybridized carbons (Fsp3) is 1.00. The Kier molecular flexibility index (Phi) is 17.8. The minimum atomic E-state index is -4.88. The minimum absolute atomic E-state index is 0. The SMILES string of the molecule is C.C.CCC(COP(=O)([O-])OCCOP(=O)([O-])OC(CC)CO)OP(=O)(O)O. The van der Waals surface area contributed by atoms with Crippen molar-refractivity contribution in [3.8, 4) is 0 Å². The summed E-state index contributed by atoms with van der Waals surface area (Å²) in [5.74, 6) is 0. The van der Waals surface area contributed by atoms with Crippen molar-refractivity contribution in [2.75, 3.05) is 26.4 Å². The van der Waals surface area contributed by atoms with E-state index in [0.717, 1.165) is 0 Å². The van der Waals surface area contributed by atoms with Crippen LogP contribution in [0, 0.1) is 0 Å². The first-order valence-corrected chi connectivity index (χ1v) is 11.9. The summed E-state index contributed by atoms with van der Waals surface area (Å²) in [6.45, 7) is 0.393. The Balaban J connectivity index is -0.00000312. The Morgan fingerprint density at radius 2 is 1.29 bits per heavy atom. The van der Waals surface area contributed by atoms with E-state index in [1.54, 1.807) is 6.92 Å². The lowest BCUT2D eigenvalue weighted by Crippen LogP contribution is -2.22. The molecule has 0 rings (SSSR count). The maximum atomic E-state index is 11.5. The summed E-state index contributed by atoms with van der Waals surface area (Å²) in [7, 11) is -14.4. The van der Waals surface area contributed by atoms with Crippen LogP contribution in [0.5, 0.6) is 0 Å². The second-order valence-corrected chi connectivity index (χ2v) is 8.77. The van der Waals surface area contributed by atoms with Crippen molar-refractivity contribution < 1.29 is 61.0 Å². The van der Waals surface area contributed by atoms with Crippen LogP contribution in [-0.2, 0) is 36.3 Å². The van der Waals surface area contributed by atoms with Gasteiger partial charge in [-0.05, 0) is 12.8 Å². The van der Waals surface area contributed by atoms with Gasteiger partial charge in [0.1, 0.15) is 0 Å². The molecule has 4 unspecified atom stereocenters. The van der Waals surface area contributed by atoms with E-state index >= 15 is 0 Å². The minimum Gasteiger partial charge on any atom is -0.756 e. The molecule has 174 valence electrons. The third-order valence-electron chi connectivity index (χ3n) is 2.68. The molecule has 0 aliphatic heterocycles. The van der Waals surface area contributed by atoms with E-state index < -0.39 is 62.1 Å². The van der Waals surface area contributed by atoms with Crippen LogP contribution in [-0.4, -0.2) is 53.5 Å². The molecule has 0 aromatic carbocycles. The van der Waals surface area contributed by atoms with Gasteiger partial charge in [0.2, 0.25) is 0 Å². The Labute approximate surface area is 165 Å². The van der Waals surface area contributed by atoms with Crippen molar-refractivity contribution in [2.24, 2.45) is 0 Å². The molecule has 0 aliphatic rings. The van der Waals surface area contributed by atoms with Gasteiger partial charge in [0, 0.05) is 0 Å². The zero-order valence-electron chi connectivity index (χ0n) is 14.2. The molecule has 0 fully saturated rings. The average Bonchev–Trinajstić information content (AvgIpc) is 2.52. The van der Waals surface area contributed by atoms with E-state index in [1.165, 1.54) is 6.92 Å². The van der Waals surface area contributed by atoms with Crippen LogP contribution >= 0.6 is 23.5 Å². The number of hydrogen-bond donors (Lipinski definition) is 3. The van der Waals surface area contributed by atoms with Crippen LogP contribution in [0.1, 0.15) is 41.5 Å². The molecule has 0 saturated heterocycles. The second kappa shape index (κ2) is 15.1. The summed E-state index contributed by atoms with van der Waals surface area (Å²) in [5.41, 5.74) is 0. The molecule has 0 heterocycles. The lowest BCUT2D eigenvalue weighted by molar-refractivity contribution is -0.236. The normalized spacial score (nSPS) is 18.1. The molecular weight excluding hydrogens is 445 g/mol. The first-order valence-electron chi connectivity index (χ1n) is 7.43. The third kappa shape index (κ3) is 17.2. The molecular formula is C12H31O13P3-2. The topological polar surface area (TPSA) is 204 Å². The first kappa shape index (κ1) is 32.9. The zero-order valence-corrected chi connectivity index (χ0v) is 16.8. The van der Waals surface area contributed by atoms with Crippen molar-refractivity contribution in [3.05, 3.63) is 0 Å². The van der Waals surface area contributed by atoms with Gasteiger partial charge in [0.05, 0.1) is 38.6 Å². The van der Waals surface area contributed by atoms with Crippen LogP contribution in [0.4, 0.5) is 0 Å². The molecule has 13 nitrogen and oxygen atoms in total. The van der Waals surface area contributed by atoms with Crippen LogP contribution in [0.3, 0.4) is 0 Å². The zero-order chi connectivity index (χ0) is 20.4. The van der Waals surface area contributed by atoms with Crippen molar-refractivity contribution in [1.82, 2.24) is 0 Å². The number of rotatable bonds is 15. The number of aliphatic hydroxyl groups is 1. The lowest BCUT2D eigenvalue weighted by atomic mass is 10.3. The Morgan fingerprint density at radius 1 is 0.821 bits per heavy atom. The highest BCUT2D eigenvalue weighted by Gasteiger charge is 2.23. The number of phosphoric acid groups is 3. The molecule has 0 aromatic heterocycles. The van der Waals surface area contributed by atoms with Gasteiger partial charge in [-0.3, -0.25) is 13.7 Å². The molecule has 0 aliphatic carbocycles. The Hall–Kier alpha value is 0.290. The summed E-state index contributed by atoms with van der Waals surface area (Å²) < 4.78 is 55.5. The predicted molar refractivity (Wildman–Crippen MR) is 96.0 cm³/mol. The van der Waals surface area contributed by atoms with E-state index in [1.807, 2.05) is 0 Å². The summed E-state index contributed by atoms with van der Waals surface area (Å²) in [6, 6.07) is 0. The van der Waals surface area contributed by atoms with E-state index in [-0.39, 0.29) is 27.7 Å². The van der Waals surface area contributed by atoms with Crippen molar-refractivity contribution in [3.63, 3.8) is 0 Å². The molecule has 0 bridgehead atoms. The smallest absolute Gasteiger partial charge is 0.469 e. The van der Waals surface area contributed by atoms with Crippen LogP contribution in [0.2, 0.25) is 0 Å². The predicted octanol–water partition coefficient (Wildman–Crippen LogP) is 0.921. The van der Waals surface area contributed by atoms with E-state index in [4.69, 9.17) is 14.9 Å². The van der Waals surface area contributed by atoms with Gasteiger partial charge in [-0.1, -0.05) is 28.7 Å². The molecule has 3 N–H and O–H groups in total. The third-order valence-corrected chi connectivity index (χ3v) is 5.27. The molecule has 4 atom stereocenters. The monoisotopic (exact) mass is 476 g/mol. The fourth-order valence-electron chi connectivity index (χ4n) is 1.38. The fourth-order valence-corrected chi connectivity index (χ4v) is 3.64. The first-order chi connectivity index (χ1) is 11.8. The Morgan fingerprint density at radius 3 is 1.68 bits per heavy atom. The van der Waals surface area contributed by atoms with Gasteiger partial charge in [0.15, 0.2) is 0 Å². The quantitative estimate of drug-likeness (QED) is 0.222. The van der Waals surface area contributed by atoms with Crippen molar-refractivity contribution in [2.45, 2.75) is 53.8 Å². The molecule has 0 saturated carbocycles. The summed E-state index contributed by atoms with van der Waals surface area (Å²) in [6.07, 6.45) is -1.92. The summed E-state index contributed by atoms with van der Waals surface area (Å²) in [5, 5.41) is 8.84. The second-order valence-electron chi connectivity index (χ2n) is 4.80. The van der Waals surface area contributed by atoms with Gasteiger partial charge in [-0.2, -0.15) is 0 Å². The molecule has 0 radical (unpaired) electrons. The molecule has 16 heteroatoms. The molecule has 0 spiro atoms.